The van der Waals surface area contributed by atoms with Crippen LogP contribution in [0.2, 0.25) is 0 Å². The zero-order valence-electron chi connectivity index (χ0n) is 31.5. The lowest BCUT2D eigenvalue weighted by molar-refractivity contribution is 0.687. The number of imidazole rings is 1. The van der Waals surface area contributed by atoms with Crippen molar-refractivity contribution in [3.8, 4) is 0 Å². The van der Waals surface area contributed by atoms with Gasteiger partial charge in [-0.15, -0.1) is 0 Å². The summed E-state index contributed by atoms with van der Waals surface area (Å²) in [5.41, 5.74) is 17.0. The number of nitrogens with one attached hydrogen (secondary N) is 1. The Balaban J connectivity index is 1.61. The fourth-order valence-electron chi connectivity index (χ4n) is 8.49. The molecule has 1 heterocycles. The molecule has 0 radical (unpaired) electrons. The number of aryl methyl sites for hydroxylation is 1. The summed E-state index contributed by atoms with van der Waals surface area (Å²) in [7, 11) is 2.22. The molecule has 254 valence electrons. The summed E-state index contributed by atoms with van der Waals surface area (Å²) >= 11 is 0. The Hall–Kier alpha value is -3.59. The smallest absolute Gasteiger partial charge is 0.136 e. The third-order valence-electron chi connectivity index (χ3n) is 11.1. The summed E-state index contributed by atoms with van der Waals surface area (Å²) in [4.78, 5) is 5.73. The summed E-state index contributed by atoms with van der Waals surface area (Å²) in [6.45, 7) is 23.4. The van der Waals surface area contributed by atoms with Gasteiger partial charge in [0.2, 0.25) is 0 Å². The predicted molar refractivity (Wildman–Crippen MR) is 206 cm³/mol. The third kappa shape index (κ3) is 6.19. The Bertz CT molecular complexity index is 1760. The normalized spacial score (nSPS) is 16.9. The molecule has 2 unspecified atom stereocenters. The van der Waals surface area contributed by atoms with E-state index in [0.29, 0.717) is 29.6 Å². The number of allylic oxidation sites excluding steroid dienone is 2. The minimum absolute atomic E-state index is 0.103. The van der Waals surface area contributed by atoms with E-state index in [9.17, 15) is 0 Å². The van der Waals surface area contributed by atoms with Crippen LogP contribution in [-0.2, 0) is 7.05 Å². The average Bonchev–Trinajstić information content (AvgIpc) is 3.59. The topological polar surface area (TPSA) is 29.9 Å². The number of aromatic nitrogens is 2. The molecular formula is C45H59N3. The second-order valence-corrected chi connectivity index (χ2v) is 16.1. The molecule has 2 aliphatic carbocycles. The first-order valence-corrected chi connectivity index (χ1v) is 18.8. The van der Waals surface area contributed by atoms with Crippen molar-refractivity contribution >= 4 is 11.3 Å². The molecule has 1 N–H and O–H groups in total. The highest BCUT2D eigenvalue weighted by Crippen LogP contribution is 2.51. The molecule has 0 bridgehead atoms. The molecule has 2 atom stereocenters. The van der Waals surface area contributed by atoms with Crippen LogP contribution in [0, 0.1) is 0 Å². The van der Waals surface area contributed by atoms with E-state index >= 15 is 0 Å². The SMILES string of the molecule is CC(C)c1cc(C(C)C)c(C(Nc2c(C(C)C)cccc2C(C)C)c2nc(C3C4=C(CCCC4)c4ccccc43)cn2C)c(C(C)C)c1. The van der Waals surface area contributed by atoms with Gasteiger partial charge in [0.1, 0.15) is 11.9 Å². The monoisotopic (exact) mass is 641 g/mol. The lowest BCUT2D eigenvalue weighted by Gasteiger charge is -2.32. The molecule has 48 heavy (non-hydrogen) atoms. The van der Waals surface area contributed by atoms with Crippen LogP contribution in [0.3, 0.4) is 0 Å². The molecule has 4 aromatic rings. The van der Waals surface area contributed by atoms with Gasteiger partial charge in [0.15, 0.2) is 0 Å². The molecule has 2 aliphatic rings. The standard InChI is InChI=1S/C45H59N3/c1-26(2)31-23-38(29(7)8)42(39(24-31)30(9)10)44(47-43-32(27(3)4)21-16-22-33(43)28(5)6)45-46-40(25-48(45)11)41-36-19-14-12-17-34(36)35-18-13-15-20-37(35)41/h12,14,16-17,19,21-30,41,44,47H,13,15,18,20H2,1-11H3. The van der Waals surface area contributed by atoms with Crippen LogP contribution in [0.5, 0.6) is 0 Å². The second-order valence-electron chi connectivity index (χ2n) is 16.1. The number of benzene rings is 3. The molecule has 0 spiro atoms. The van der Waals surface area contributed by atoms with Crippen LogP contribution in [-0.4, -0.2) is 9.55 Å². The van der Waals surface area contributed by atoms with Gasteiger partial charge in [0.05, 0.1) is 5.69 Å². The lowest BCUT2D eigenvalue weighted by Crippen LogP contribution is -2.23. The Labute approximate surface area is 291 Å². The molecule has 3 aromatic carbocycles. The van der Waals surface area contributed by atoms with Crippen LogP contribution in [0.25, 0.3) is 5.57 Å². The van der Waals surface area contributed by atoms with Crippen molar-refractivity contribution in [2.24, 2.45) is 7.05 Å². The number of hydrogen-bond donors (Lipinski definition) is 1. The minimum atomic E-state index is -0.103. The maximum atomic E-state index is 5.73. The van der Waals surface area contributed by atoms with Crippen molar-refractivity contribution < 1.29 is 0 Å². The summed E-state index contributed by atoms with van der Waals surface area (Å²) in [5.74, 6) is 3.35. The fraction of sp³-hybridized carbons (Fsp3) is 0.489. The van der Waals surface area contributed by atoms with E-state index in [1.54, 1.807) is 11.1 Å². The quantitative estimate of drug-likeness (QED) is 0.187. The number of rotatable bonds is 10. The molecular weight excluding hydrogens is 583 g/mol. The van der Waals surface area contributed by atoms with Gasteiger partial charge in [0.25, 0.3) is 0 Å². The average molecular weight is 642 g/mol. The van der Waals surface area contributed by atoms with Gasteiger partial charge < -0.3 is 9.88 Å². The van der Waals surface area contributed by atoms with Crippen molar-refractivity contribution in [2.45, 2.75) is 136 Å². The van der Waals surface area contributed by atoms with E-state index in [0.717, 1.165) is 5.82 Å². The Morgan fingerprint density at radius 1 is 0.688 bits per heavy atom. The van der Waals surface area contributed by atoms with Gasteiger partial charge in [-0.05, 0) is 105 Å². The number of para-hydroxylation sites is 1. The number of anilines is 1. The van der Waals surface area contributed by atoms with Crippen LogP contribution in [0.1, 0.15) is 192 Å². The Kier molecular flexibility index (Phi) is 9.81. The Morgan fingerprint density at radius 3 is 1.85 bits per heavy atom. The van der Waals surface area contributed by atoms with Gasteiger partial charge in [-0.25, -0.2) is 4.98 Å². The van der Waals surface area contributed by atoms with Crippen LogP contribution >= 0.6 is 0 Å². The van der Waals surface area contributed by atoms with Gasteiger partial charge >= 0.3 is 0 Å². The molecule has 0 amide bonds. The van der Waals surface area contributed by atoms with Gasteiger partial charge in [-0.3, -0.25) is 0 Å². The molecule has 6 rings (SSSR count). The van der Waals surface area contributed by atoms with E-state index in [2.05, 4.69) is 147 Å². The molecule has 3 heteroatoms. The molecule has 0 saturated carbocycles. The van der Waals surface area contributed by atoms with Gasteiger partial charge in [-0.1, -0.05) is 129 Å². The van der Waals surface area contributed by atoms with E-state index in [-0.39, 0.29) is 12.0 Å². The molecule has 0 fully saturated rings. The maximum absolute atomic E-state index is 5.73. The van der Waals surface area contributed by atoms with Crippen molar-refractivity contribution in [1.82, 2.24) is 9.55 Å². The van der Waals surface area contributed by atoms with E-state index in [1.165, 1.54) is 81.6 Å². The summed E-state index contributed by atoms with van der Waals surface area (Å²) in [6.07, 6.45) is 7.27. The van der Waals surface area contributed by atoms with Crippen LogP contribution in [0.15, 0.2) is 66.4 Å². The van der Waals surface area contributed by atoms with E-state index in [4.69, 9.17) is 4.98 Å². The minimum Gasteiger partial charge on any atom is -0.371 e. The van der Waals surface area contributed by atoms with E-state index < -0.39 is 0 Å². The number of hydrogen-bond acceptors (Lipinski definition) is 2. The highest BCUT2D eigenvalue weighted by molar-refractivity contribution is 5.80. The summed E-state index contributed by atoms with van der Waals surface area (Å²) in [6, 6.07) is 20.9. The highest BCUT2D eigenvalue weighted by atomic mass is 15.1. The van der Waals surface area contributed by atoms with Gasteiger partial charge in [-0.2, -0.15) is 0 Å². The van der Waals surface area contributed by atoms with E-state index in [1.807, 2.05) is 0 Å². The zero-order chi connectivity index (χ0) is 34.4. The first-order valence-electron chi connectivity index (χ1n) is 18.8. The lowest BCUT2D eigenvalue weighted by atomic mass is 9.81. The summed E-state index contributed by atoms with van der Waals surface area (Å²) in [5, 5.41) is 4.28. The number of fused-ring (bicyclic) bond motifs is 2. The molecule has 0 aliphatic heterocycles. The predicted octanol–water partition coefficient (Wildman–Crippen LogP) is 12.7. The van der Waals surface area contributed by atoms with Crippen molar-refractivity contribution in [1.29, 1.82) is 0 Å². The highest BCUT2D eigenvalue weighted by Gasteiger charge is 2.36. The second kappa shape index (κ2) is 13.7. The van der Waals surface area contributed by atoms with Crippen LogP contribution in [0.4, 0.5) is 5.69 Å². The number of nitrogens with zero attached hydrogens (tertiary/aromatic N) is 2. The fourth-order valence-corrected chi connectivity index (χ4v) is 8.49. The zero-order valence-corrected chi connectivity index (χ0v) is 31.5. The largest absolute Gasteiger partial charge is 0.371 e. The molecule has 1 aromatic heterocycles. The molecule has 0 saturated heterocycles. The van der Waals surface area contributed by atoms with Crippen molar-refractivity contribution in [3.05, 3.63) is 122 Å². The van der Waals surface area contributed by atoms with Gasteiger partial charge in [0, 0.05) is 24.8 Å². The first kappa shape index (κ1) is 34.3. The maximum Gasteiger partial charge on any atom is 0.136 e. The summed E-state index contributed by atoms with van der Waals surface area (Å²) < 4.78 is 2.34. The molecule has 3 nitrogen and oxygen atoms in total. The van der Waals surface area contributed by atoms with Crippen molar-refractivity contribution in [2.75, 3.05) is 5.32 Å². The Morgan fingerprint density at radius 2 is 1.27 bits per heavy atom. The van der Waals surface area contributed by atoms with Crippen molar-refractivity contribution in [3.63, 3.8) is 0 Å². The third-order valence-corrected chi connectivity index (χ3v) is 11.1. The first-order chi connectivity index (χ1) is 22.9. The van der Waals surface area contributed by atoms with Crippen LogP contribution < -0.4 is 5.32 Å².